The first-order chi connectivity index (χ1) is 8.63. The number of hydrogen-bond acceptors (Lipinski definition) is 5. The Balaban J connectivity index is 2.49. The van der Waals surface area contributed by atoms with Crippen LogP contribution < -0.4 is 5.32 Å². The van der Waals surface area contributed by atoms with Crippen molar-refractivity contribution in [3.8, 4) is 11.5 Å². The van der Waals surface area contributed by atoms with Crippen LogP contribution in [0.1, 0.15) is 11.3 Å². The number of aryl methyl sites for hydroxylation is 1. The molecule has 0 amide bonds. The Kier molecular flexibility index (Phi) is 3.38. The van der Waals surface area contributed by atoms with E-state index in [9.17, 15) is 10.1 Å². The molecule has 0 aliphatic rings. The number of oxazole rings is 1. The maximum atomic E-state index is 11.1. The van der Waals surface area contributed by atoms with Crippen molar-refractivity contribution in [2.75, 3.05) is 7.05 Å². The predicted molar refractivity (Wildman–Crippen MR) is 66.1 cm³/mol. The van der Waals surface area contributed by atoms with Gasteiger partial charge in [0.25, 0.3) is 5.69 Å². The van der Waals surface area contributed by atoms with Crippen molar-refractivity contribution >= 4 is 5.69 Å². The van der Waals surface area contributed by atoms with Crippen LogP contribution >= 0.6 is 0 Å². The Morgan fingerprint density at radius 2 is 2.28 bits per heavy atom. The first-order valence-electron chi connectivity index (χ1n) is 5.47. The molecule has 0 saturated carbocycles. The minimum Gasteiger partial charge on any atom is -0.444 e. The van der Waals surface area contributed by atoms with Gasteiger partial charge in [0.15, 0.2) is 0 Å². The molecule has 18 heavy (non-hydrogen) atoms. The SMILES string of the molecule is CNCc1coc(-c2cccc(C)c2[N+](=O)[O-])n1. The van der Waals surface area contributed by atoms with Gasteiger partial charge in [-0.25, -0.2) is 4.98 Å². The lowest BCUT2D eigenvalue weighted by molar-refractivity contribution is -0.384. The second kappa shape index (κ2) is 4.97. The zero-order valence-electron chi connectivity index (χ0n) is 10.1. The quantitative estimate of drug-likeness (QED) is 0.662. The van der Waals surface area contributed by atoms with E-state index >= 15 is 0 Å². The number of nitro benzene ring substituents is 1. The van der Waals surface area contributed by atoms with Crippen LogP contribution in [0.2, 0.25) is 0 Å². The molecule has 1 N–H and O–H groups in total. The molecule has 0 fully saturated rings. The predicted octanol–water partition coefficient (Wildman–Crippen LogP) is 2.28. The van der Waals surface area contributed by atoms with Gasteiger partial charge in [0, 0.05) is 12.1 Å². The molecule has 94 valence electrons. The molecule has 2 rings (SSSR count). The number of hydrogen-bond donors (Lipinski definition) is 1. The Labute approximate surface area is 104 Å². The highest BCUT2D eigenvalue weighted by atomic mass is 16.6. The van der Waals surface area contributed by atoms with Crippen LogP contribution in [-0.4, -0.2) is 17.0 Å². The van der Waals surface area contributed by atoms with E-state index in [4.69, 9.17) is 4.42 Å². The summed E-state index contributed by atoms with van der Waals surface area (Å²) in [6.45, 7) is 2.25. The maximum absolute atomic E-state index is 11.1. The van der Waals surface area contributed by atoms with Gasteiger partial charge < -0.3 is 9.73 Å². The smallest absolute Gasteiger partial charge is 0.284 e. The molecule has 0 spiro atoms. The lowest BCUT2D eigenvalue weighted by atomic mass is 10.1. The fourth-order valence-corrected chi connectivity index (χ4v) is 1.77. The highest BCUT2D eigenvalue weighted by Crippen LogP contribution is 2.31. The normalized spacial score (nSPS) is 10.6. The zero-order valence-corrected chi connectivity index (χ0v) is 10.1. The van der Waals surface area contributed by atoms with Crippen molar-refractivity contribution in [3.63, 3.8) is 0 Å². The second-order valence-corrected chi connectivity index (χ2v) is 3.90. The standard InChI is InChI=1S/C12H13N3O3/c1-8-4-3-5-10(11(8)15(16)17)12-14-9(6-13-2)7-18-12/h3-5,7,13H,6H2,1-2H3. The third kappa shape index (κ3) is 2.23. The van der Waals surface area contributed by atoms with Crippen LogP contribution in [0.3, 0.4) is 0 Å². The first-order valence-corrected chi connectivity index (χ1v) is 5.47. The summed E-state index contributed by atoms with van der Waals surface area (Å²) in [7, 11) is 1.80. The molecule has 0 bridgehead atoms. The van der Waals surface area contributed by atoms with Gasteiger partial charge in [-0.1, -0.05) is 12.1 Å². The summed E-state index contributed by atoms with van der Waals surface area (Å²) in [5, 5.41) is 14.0. The van der Waals surface area contributed by atoms with E-state index in [2.05, 4.69) is 10.3 Å². The number of benzene rings is 1. The van der Waals surface area contributed by atoms with E-state index in [0.717, 1.165) is 0 Å². The summed E-state index contributed by atoms with van der Waals surface area (Å²) in [6.07, 6.45) is 1.50. The molecule has 6 nitrogen and oxygen atoms in total. The van der Waals surface area contributed by atoms with Gasteiger partial charge in [-0.15, -0.1) is 0 Å². The summed E-state index contributed by atoms with van der Waals surface area (Å²) in [5.74, 6) is 0.274. The van der Waals surface area contributed by atoms with Crippen LogP contribution in [-0.2, 0) is 6.54 Å². The van der Waals surface area contributed by atoms with E-state index in [1.54, 1.807) is 32.2 Å². The molecular weight excluding hydrogens is 234 g/mol. The monoisotopic (exact) mass is 247 g/mol. The Hall–Kier alpha value is -2.21. The average molecular weight is 247 g/mol. The molecule has 1 aromatic heterocycles. The van der Waals surface area contributed by atoms with Gasteiger partial charge in [0.2, 0.25) is 5.89 Å². The lowest BCUT2D eigenvalue weighted by Gasteiger charge is -2.01. The largest absolute Gasteiger partial charge is 0.444 e. The number of nitrogens with zero attached hydrogens (tertiary/aromatic N) is 2. The van der Waals surface area contributed by atoms with Crippen LogP contribution in [0.4, 0.5) is 5.69 Å². The summed E-state index contributed by atoms with van der Waals surface area (Å²) < 4.78 is 5.29. The highest BCUT2D eigenvalue weighted by Gasteiger charge is 2.21. The molecule has 0 atom stereocenters. The minimum absolute atomic E-state index is 0.0374. The van der Waals surface area contributed by atoms with Crippen molar-refractivity contribution < 1.29 is 9.34 Å². The van der Waals surface area contributed by atoms with Gasteiger partial charge in [-0.2, -0.15) is 0 Å². The lowest BCUT2D eigenvalue weighted by Crippen LogP contribution is -2.05. The fourth-order valence-electron chi connectivity index (χ4n) is 1.77. The van der Waals surface area contributed by atoms with Gasteiger partial charge in [-0.05, 0) is 20.0 Å². The summed E-state index contributed by atoms with van der Waals surface area (Å²) in [4.78, 5) is 14.9. The van der Waals surface area contributed by atoms with E-state index in [1.165, 1.54) is 6.26 Å². The molecule has 6 heteroatoms. The molecule has 1 aromatic carbocycles. The fraction of sp³-hybridized carbons (Fsp3) is 0.250. The second-order valence-electron chi connectivity index (χ2n) is 3.90. The highest BCUT2D eigenvalue weighted by molar-refractivity contribution is 5.69. The Bertz CT molecular complexity index is 578. The molecule has 0 aliphatic heterocycles. The summed E-state index contributed by atoms with van der Waals surface area (Å²) >= 11 is 0. The zero-order chi connectivity index (χ0) is 13.1. The summed E-state index contributed by atoms with van der Waals surface area (Å²) in [6, 6.07) is 5.08. The van der Waals surface area contributed by atoms with Crippen molar-refractivity contribution in [3.05, 3.63) is 45.8 Å². The van der Waals surface area contributed by atoms with Crippen molar-refractivity contribution in [1.29, 1.82) is 0 Å². The summed E-state index contributed by atoms with van der Waals surface area (Å²) in [5.41, 5.74) is 1.74. The molecule has 2 aromatic rings. The number of nitrogens with one attached hydrogen (secondary N) is 1. The van der Waals surface area contributed by atoms with E-state index in [1.807, 2.05) is 0 Å². The molecule has 0 aliphatic carbocycles. The van der Waals surface area contributed by atoms with Crippen LogP contribution in [0.25, 0.3) is 11.5 Å². The topological polar surface area (TPSA) is 81.2 Å². The van der Waals surface area contributed by atoms with E-state index in [-0.39, 0.29) is 11.6 Å². The Morgan fingerprint density at radius 1 is 1.50 bits per heavy atom. The average Bonchev–Trinajstić information content (AvgIpc) is 2.77. The molecule has 0 saturated heterocycles. The van der Waals surface area contributed by atoms with Crippen LogP contribution in [0.5, 0.6) is 0 Å². The van der Waals surface area contributed by atoms with Crippen molar-refractivity contribution in [2.45, 2.75) is 13.5 Å². The van der Waals surface area contributed by atoms with Gasteiger partial charge in [-0.3, -0.25) is 10.1 Å². The van der Waals surface area contributed by atoms with E-state index in [0.29, 0.717) is 23.4 Å². The van der Waals surface area contributed by atoms with E-state index < -0.39 is 4.92 Å². The third-order valence-electron chi connectivity index (χ3n) is 2.56. The van der Waals surface area contributed by atoms with Gasteiger partial charge in [0.05, 0.1) is 10.6 Å². The maximum Gasteiger partial charge on any atom is 0.284 e. The van der Waals surface area contributed by atoms with Crippen LogP contribution in [0, 0.1) is 17.0 Å². The minimum atomic E-state index is -0.410. The van der Waals surface area contributed by atoms with Crippen LogP contribution in [0.15, 0.2) is 28.9 Å². The molecule has 1 heterocycles. The number of rotatable bonds is 4. The van der Waals surface area contributed by atoms with Crippen molar-refractivity contribution in [1.82, 2.24) is 10.3 Å². The molecule has 0 radical (unpaired) electrons. The Morgan fingerprint density at radius 3 is 2.94 bits per heavy atom. The first kappa shape index (κ1) is 12.3. The third-order valence-corrected chi connectivity index (χ3v) is 2.56. The molecule has 0 unspecified atom stereocenters. The van der Waals surface area contributed by atoms with Gasteiger partial charge in [0.1, 0.15) is 11.8 Å². The number of aromatic nitrogens is 1. The number of nitro groups is 1. The number of para-hydroxylation sites is 1. The van der Waals surface area contributed by atoms with Gasteiger partial charge >= 0.3 is 0 Å². The molecular formula is C12H13N3O3. The van der Waals surface area contributed by atoms with Crippen molar-refractivity contribution in [2.24, 2.45) is 0 Å².